The van der Waals surface area contributed by atoms with E-state index in [9.17, 15) is 0 Å². The Balaban J connectivity index is 1.79. The van der Waals surface area contributed by atoms with Gasteiger partial charge in [0.05, 0.1) is 11.4 Å². The SMILES string of the molecule is C/C(=N\NC(=S)NNC(=S)Nc1ccc(C(C)(C)C)cc1)c1ccccn1. The number of nitrogens with one attached hydrogen (secondary N) is 4. The molecule has 0 aliphatic carbocycles. The first-order valence-electron chi connectivity index (χ1n) is 8.45. The Morgan fingerprint density at radius 2 is 1.63 bits per heavy atom. The van der Waals surface area contributed by atoms with Crippen molar-refractivity contribution in [2.45, 2.75) is 33.1 Å². The fourth-order valence-electron chi connectivity index (χ4n) is 2.13. The molecule has 0 spiro atoms. The highest BCUT2D eigenvalue weighted by atomic mass is 32.1. The first kappa shape index (κ1) is 20.7. The van der Waals surface area contributed by atoms with E-state index in [-0.39, 0.29) is 10.5 Å². The molecule has 0 saturated carbocycles. The fourth-order valence-corrected chi connectivity index (χ4v) is 2.39. The summed E-state index contributed by atoms with van der Waals surface area (Å²) in [5.41, 5.74) is 12.1. The third-order valence-electron chi connectivity index (χ3n) is 3.66. The van der Waals surface area contributed by atoms with Gasteiger partial charge in [-0.05, 0) is 66.6 Å². The van der Waals surface area contributed by atoms with Crippen molar-refractivity contribution in [2.75, 3.05) is 5.32 Å². The van der Waals surface area contributed by atoms with Crippen molar-refractivity contribution in [3.05, 3.63) is 59.9 Å². The summed E-state index contributed by atoms with van der Waals surface area (Å²) in [6.07, 6.45) is 1.71. The molecular weight excluding hydrogens is 376 g/mol. The highest BCUT2D eigenvalue weighted by Crippen LogP contribution is 2.23. The topological polar surface area (TPSA) is 73.4 Å². The number of hydrazone groups is 1. The zero-order valence-corrected chi connectivity index (χ0v) is 17.5. The predicted molar refractivity (Wildman–Crippen MR) is 120 cm³/mol. The number of hydrogen-bond donors (Lipinski definition) is 4. The van der Waals surface area contributed by atoms with Crippen LogP contribution in [0.15, 0.2) is 53.8 Å². The van der Waals surface area contributed by atoms with Gasteiger partial charge in [-0.2, -0.15) is 5.10 Å². The first-order chi connectivity index (χ1) is 12.8. The normalized spacial score (nSPS) is 11.5. The second-order valence-corrected chi connectivity index (χ2v) is 7.70. The second kappa shape index (κ2) is 9.38. The van der Waals surface area contributed by atoms with Crippen molar-refractivity contribution in [1.29, 1.82) is 0 Å². The molecule has 0 bridgehead atoms. The van der Waals surface area contributed by atoms with Gasteiger partial charge in [0, 0.05) is 11.9 Å². The summed E-state index contributed by atoms with van der Waals surface area (Å²) in [4.78, 5) is 4.22. The molecule has 1 aromatic heterocycles. The Morgan fingerprint density at radius 3 is 2.22 bits per heavy atom. The minimum absolute atomic E-state index is 0.116. The van der Waals surface area contributed by atoms with Crippen LogP contribution in [0, 0.1) is 0 Å². The molecule has 2 rings (SSSR count). The molecule has 0 atom stereocenters. The largest absolute Gasteiger partial charge is 0.331 e. The lowest BCUT2D eigenvalue weighted by atomic mass is 9.87. The molecule has 27 heavy (non-hydrogen) atoms. The molecule has 1 heterocycles. The maximum atomic E-state index is 5.26. The number of nitrogens with zero attached hydrogens (tertiary/aromatic N) is 2. The number of pyridine rings is 1. The number of hydrazine groups is 1. The molecule has 0 aliphatic heterocycles. The van der Waals surface area contributed by atoms with Crippen molar-refractivity contribution >= 4 is 46.1 Å². The van der Waals surface area contributed by atoms with Crippen LogP contribution in [0.3, 0.4) is 0 Å². The van der Waals surface area contributed by atoms with Crippen LogP contribution in [0.5, 0.6) is 0 Å². The summed E-state index contributed by atoms with van der Waals surface area (Å²) in [5.74, 6) is 0. The van der Waals surface area contributed by atoms with E-state index in [0.717, 1.165) is 17.1 Å². The molecule has 6 nitrogen and oxygen atoms in total. The molecule has 0 saturated heterocycles. The average Bonchev–Trinajstić information content (AvgIpc) is 2.65. The standard InChI is InChI=1S/C19H24N6S2/c1-13(16-7-5-6-12-20-16)22-24-18(27)25-23-17(26)21-15-10-8-14(9-11-15)19(2,3)4/h5-12H,1-4H3,(H2,21,23,26)(H2,24,25,27)/b22-13+. The molecule has 0 amide bonds. The molecule has 0 fully saturated rings. The maximum absolute atomic E-state index is 5.26. The molecule has 2 aromatic rings. The number of rotatable bonds is 3. The predicted octanol–water partition coefficient (Wildman–Crippen LogP) is 3.47. The van der Waals surface area contributed by atoms with E-state index in [1.807, 2.05) is 37.3 Å². The Bertz CT molecular complexity index is 810. The fraction of sp³-hybridized carbons (Fsp3) is 0.263. The van der Waals surface area contributed by atoms with Gasteiger partial charge in [0.25, 0.3) is 0 Å². The van der Waals surface area contributed by atoms with Crippen LogP contribution in [0.4, 0.5) is 5.69 Å². The van der Waals surface area contributed by atoms with Gasteiger partial charge < -0.3 is 5.32 Å². The minimum Gasteiger partial charge on any atom is -0.331 e. The lowest BCUT2D eigenvalue weighted by Gasteiger charge is -2.19. The van der Waals surface area contributed by atoms with E-state index in [0.29, 0.717) is 5.11 Å². The summed E-state index contributed by atoms with van der Waals surface area (Å²) in [7, 11) is 0. The van der Waals surface area contributed by atoms with E-state index in [2.05, 4.69) is 64.6 Å². The van der Waals surface area contributed by atoms with Crippen LogP contribution < -0.4 is 21.6 Å². The molecule has 1 aromatic carbocycles. The zero-order chi connectivity index (χ0) is 19.9. The van der Waals surface area contributed by atoms with Crippen LogP contribution in [0.1, 0.15) is 39.0 Å². The van der Waals surface area contributed by atoms with Gasteiger partial charge in [0.1, 0.15) is 0 Å². The maximum Gasteiger partial charge on any atom is 0.205 e. The number of hydrogen-bond acceptors (Lipinski definition) is 4. The van der Waals surface area contributed by atoms with Crippen LogP contribution >= 0.6 is 24.4 Å². The summed E-state index contributed by atoms with van der Waals surface area (Å²) < 4.78 is 0. The Hall–Kier alpha value is -2.58. The van der Waals surface area contributed by atoms with Crippen molar-refractivity contribution in [1.82, 2.24) is 21.3 Å². The van der Waals surface area contributed by atoms with Crippen molar-refractivity contribution in [3.63, 3.8) is 0 Å². The Morgan fingerprint density at radius 1 is 0.963 bits per heavy atom. The molecule has 0 unspecified atom stereocenters. The van der Waals surface area contributed by atoms with E-state index >= 15 is 0 Å². The van der Waals surface area contributed by atoms with Gasteiger partial charge in [-0.3, -0.25) is 21.3 Å². The molecule has 0 aliphatic rings. The second-order valence-electron chi connectivity index (χ2n) is 6.88. The van der Waals surface area contributed by atoms with Gasteiger partial charge in [-0.15, -0.1) is 0 Å². The first-order valence-corrected chi connectivity index (χ1v) is 9.26. The van der Waals surface area contributed by atoms with Gasteiger partial charge in [-0.1, -0.05) is 39.0 Å². The Labute approximate surface area is 170 Å². The molecular formula is C19H24N6S2. The van der Waals surface area contributed by atoms with E-state index in [4.69, 9.17) is 24.4 Å². The summed E-state index contributed by atoms with van der Waals surface area (Å²) in [6.45, 7) is 8.38. The quantitative estimate of drug-likeness (QED) is 0.357. The highest BCUT2D eigenvalue weighted by molar-refractivity contribution is 7.80. The molecule has 8 heteroatoms. The third-order valence-corrected chi connectivity index (χ3v) is 4.06. The van der Waals surface area contributed by atoms with E-state index < -0.39 is 0 Å². The Kier molecular flexibility index (Phi) is 7.20. The monoisotopic (exact) mass is 400 g/mol. The van der Waals surface area contributed by atoms with Gasteiger partial charge in [0.15, 0.2) is 5.11 Å². The van der Waals surface area contributed by atoms with E-state index in [1.165, 1.54) is 5.56 Å². The summed E-state index contributed by atoms with van der Waals surface area (Å²) >= 11 is 10.4. The minimum atomic E-state index is 0.116. The molecule has 4 N–H and O–H groups in total. The lowest BCUT2D eigenvalue weighted by molar-refractivity contribution is 0.590. The summed E-state index contributed by atoms with van der Waals surface area (Å²) in [6, 6.07) is 13.8. The lowest BCUT2D eigenvalue weighted by Crippen LogP contribution is -2.47. The van der Waals surface area contributed by atoms with Crippen LogP contribution in [-0.4, -0.2) is 20.9 Å². The van der Waals surface area contributed by atoms with Crippen molar-refractivity contribution in [2.24, 2.45) is 5.10 Å². The van der Waals surface area contributed by atoms with Gasteiger partial charge in [-0.25, -0.2) is 0 Å². The van der Waals surface area contributed by atoms with Gasteiger partial charge >= 0.3 is 0 Å². The number of thiocarbonyl (C=S) groups is 2. The number of benzene rings is 1. The third kappa shape index (κ3) is 6.92. The molecule has 0 radical (unpaired) electrons. The highest BCUT2D eigenvalue weighted by Gasteiger charge is 2.12. The van der Waals surface area contributed by atoms with E-state index in [1.54, 1.807) is 6.20 Å². The van der Waals surface area contributed by atoms with Crippen molar-refractivity contribution < 1.29 is 0 Å². The van der Waals surface area contributed by atoms with Crippen molar-refractivity contribution in [3.8, 4) is 0 Å². The van der Waals surface area contributed by atoms with Crippen LogP contribution in [-0.2, 0) is 5.41 Å². The van der Waals surface area contributed by atoms with Crippen LogP contribution in [0.25, 0.3) is 0 Å². The van der Waals surface area contributed by atoms with Crippen LogP contribution in [0.2, 0.25) is 0 Å². The number of aromatic nitrogens is 1. The smallest absolute Gasteiger partial charge is 0.205 e. The number of anilines is 1. The zero-order valence-electron chi connectivity index (χ0n) is 15.8. The van der Waals surface area contributed by atoms with Gasteiger partial charge in [0.2, 0.25) is 5.11 Å². The summed E-state index contributed by atoms with van der Waals surface area (Å²) in [5, 5.41) is 7.96. The average molecular weight is 401 g/mol. The molecule has 142 valence electrons.